The van der Waals surface area contributed by atoms with Crippen LogP contribution in [0, 0.1) is 5.92 Å². The molecular weight excluding hydrogens is 316 g/mol. The van der Waals surface area contributed by atoms with E-state index in [0.29, 0.717) is 10.7 Å². The lowest BCUT2D eigenvalue weighted by atomic mass is 9.87. The molecule has 0 aromatic carbocycles. The largest absolute Gasteiger partial charge is 0.340 e. The maximum Gasteiger partial charge on any atom is 0.222 e. The van der Waals surface area contributed by atoms with Gasteiger partial charge in [0.2, 0.25) is 5.91 Å². The highest BCUT2D eigenvalue weighted by molar-refractivity contribution is 8.00. The standard InChI is InChI=1S/C17H30N2OS.ClH/c20-16(5-4-15-6-10-18-11-7-15)19-12-13-21-17(14-19)8-2-1-3-9-17;/h15,18H,1-14H2;1H. The smallest absolute Gasteiger partial charge is 0.222 e. The van der Waals surface area contributed by atoms with Crippen molar-refractivity contribution in [3.63, 3.8) is 0 Å². The first-order valence-corrected chi connectivity index (χ1v) is 9.88. The zero-order chi connectivity index (χ0) is 14.5. The molecule has 3 fully saturated rings. The van der Waals surface area contributed by atoms with Crippen molar-refractivity contribution < 1.29 is 4.79 Å². The fourth-order valence-electron chi connectivity index (χ4n) is 4.21. The molecule has 128 valence electrons. The summed E-state index contributed by atoms with van der Waals surface area (Å²) in [5, 5.41) is 3.41. The molecule has 1 spiro atoms. The van der Waals surface area contributed by atoms with E-state index in [0.717, 1.165) is 50.7 Å². The minimum Gasteiger partial charge on any atom is -0.340 e. The Bertz CT molecular complexity index is 349. The fraction of sp³-hybridized carbons (Fsp3) is 0.941. The van der Waals surface area contributed by atoms with Crippen molar-refractivity contribution in [3.05, 3.63) is 0 Å². The first-order chi connectivity index (χ1) is 10.3. The number of carbonyl (C=O) groups excluding carboxylic acids is 1. The van der Waals surface area contributed by atoms with Gasteiger partial charge in [0.25, 0.3) is 0 Å². The summed E-state index contributed by atoms with van der Waals surface area (Å²) >= 11 is 2.15. The first-order valence-electron chi connectivity index (χ1n) is 8.90. The van der Waals surface area contributed by atoms with Crippen molar-refractivity contribution in [3.8, 4) is 0 Å². The molecule has 0 unspecified atom stereocenters. The van der Waals surface area contributed by atoms with E-state index in [1.165, 1.54) is 44.9 Å². The van der Waals surface area contributed by atoms with E-state index in [9.17, 15) is 4.79 Å². The van der Waals surface area contributed by atoms with Gasteiger partial charge < -0.3 is 10.2 Å². The SMILES string of the molecule is Cl.O=C(CCC1CCNCC1)N1CCSC2(CCCCC2)C1. The molecule has 0 bridgehead atoms. The van der Waals surface area contributed by atoms with E-state index < -0.39 is 0 Å². The highest BCUT2D eigenvalue weighted by Gasteiger charge is 2.38. The number of carbonyl (C=O) groups is 1. The first kappa shape index (κ1) is 18.4. The Labute approximate surface area is 145 Å². The molecule has 2 saturated heterocycles. The van der Waals surface area contributed by atoms with Gasteiger partial charge in [-0.05, 0) is 51.1 Å². The summed E-state index contributed by atoms with van der Waals surface area (Å²) in [5.74, 6) is 2.36. The molecule has 5 heteroatoms. The monoisotopic (exact) mass is 346 g/mol. The average molecular weight is 347 g/mol. The number of nitrogens with one attached hydrogen (secondary N) is 1. The number of amides is 1. The van der Waals surface area contributed by atoms with Gasteiger partial charge in [0.05, 0.1) is 0 Å². The van der Waals surface area contributed by atoms with Gasteiger partial charge in [-0.25, -0.2) is 0 Å². The molecule has 2 heterocycles. The van der Waals surface area contributed by atoms with Crippen LogP contribution in [0.3, 0.4) is 0 Å². The van der Waals surface area contributed by atoms with E-state index in [4.69, 9.17) is 0 Å². The van der Waals surface area contributed by atoms with Gasteiger partial charge in [-0.3, -0.25) is 4.79 Å². The number of halogens is 1. The molecule has 0 aromatic heterocycles. The van der Waals surface area contributed by atoms with Gasteiger partial charge >= 0.3 is 0 Å². The maximum atomic E-state index is 12.6. The summed E-state index contributed by atoms with van der Waals surface area (Å²) in [6.07, 6.45) is 11.2. The molecule has 0 radical (unpaired) electrons. The summed E-state index contributed by atoms with van der Waals surface area (Å²) in [4.78, 5) is 14.8. The molecule has 1 amide bonds. The lowest BCUT2D eigenvalue weighted by molar-refractivity contribution is -0.132. The van der Waals surface area contributed by atoms with Crippen molar-refractivity contribution in [2.45, 2.75) is 62.5 Å². The van der Waals surface area contributed by atoms with Crippen LogP contribution in [0.15, 0.2) is 0 Å². The zero-order valence-corrected chi connectivity index (χ0v) is 15.3. The third-order valence-corrected chi connectivity index (χ3v) is 7.13. The van der Waals surface area contributed by atoms with Gasteiger partial charge in [0.15, 0.2) is 0 Å². The Morgan fingerprint density at radius 1 is 1.18 bits per heavy atom. The molecule has 1 saturated carbocycles. The number of piperidine rings is 1. The lowest BCUT2D eigenvalue weighted by Gasteiger charge is -2.44. The van der Waals surface area contributed by atoms with Gasteiger partial charge in [-0.2, -0.15) is 11.8 Å². The van der Waals surface area contributed by atoms with Crippen molar-refractivity contribution >= 4 is 30.1 Å². The highest BCUT2D eigenvalue weighted by atomic mass is 35.5. The molecule has 2 aliphatic heterocycles. The van der Waals surface area contributed by atoms with E-state index in [2.05, 4.69) is 22.0 Å². The predicted octanol–water partition coefficient (Wildman–Crippen LogP) is 3.47. The highest BCUT2D eigenvalue weighted by Crippen LogP contribution is 2.42. The van der Waals surface area contributed by atoms with Crippen LogP contribution in [-0.2, 0) is 4.79 Å². The van der Waals surface area contributed by atoms with E-state index in [1.807, 2.05) is 0 Å². The Kier molecular flexibility index (Phi) is 7.36. The van der Waals surface area contributed by atoms with Crippen LogP contribution in [0.2, 0.25) is 0 Å². The number of thioether (sulfide) groups is 1. The summed E-state index contributed by atoms with van der Waals surface area (Å²) in [7, 11) is 0. The maximum absolute atomic E-state index is 12.6. The Morgan fingerprint density at radius 3 is 2.64 bits per heavy atom. The second kappa shape index (κ2) is 8.79. The second-order valence-corrected chi connectivity index (χ2v) is 8.70. The van der Waals surface area contributed by atoms with Crippen LogP contribution in [-0.4, -0.2) is 47.5 Å². The van der Waals surface area contributed by atoms with Crippen molar-refractivity contribution in [1.29, 1.82) is 0 Å². The van der Waals surface area contributed by atoms with Crippen LogP contribution >= 0.6 is 24.2 Å². The number of hydrogen-bond acceptors (Lipinski definition) is 3. The zero-order valence-electron chi connectivity index (χ0n) is 13.6. The summed E-state index contributed by atoms with van der Waals surface area (Å²) in [6.45, 7) is 4.30. The van der Waals surface area contributed by atoms with Gasteiger partial charge in [0, 0.05) is 30.0 Å². The Hall–Kier alpha value is 0.0700. The molecule has 3 aliphatic rings. The van der Waals surface area contributed by atoms with Crippen molar-refractivity contribution in [2.24, 2.45) is 5.92 Å². The molecule has 1 N–H and O–H groups in total. The van der Waals surface area contributed by atoms with Crippen molar-refractivity contribution in [2.75, 3.05) is 31.9 Å². The Morgan fingerprint density at radius 2 is 1.91 bits per heavy atom. The van der Waals surface area contributed by atoms with Gasteiger partial charge in [-0.1, -0.05) is 19.3 Å². The molecule has 3 rings (SSSR count). The quantitative estimate of drug-likeness (QED) is 0.849. The number of rotatable bonds is 3. The summed E-state index contributed by atoms with van der Waals surface area (Å²) in [6, 6.07) is 0. The minimum atomic E-state index is 0. The van der Waals surface area contributed by atoms with Crippen molar-refractivity contribution in [1.82, 2.24) is 10.2 Å². The summed E-state index contributed by atoms with van der Waals surface area (Å²) < 4.78 is 0.418. The molecule has 22 heavy (non-hydrogen) atoms. The predicted molar refractivity (Wildman–Crippen MR) is 96.9 cm³/mol. The van der Waals surface area contributed by atoms with Crippen LogP contribution in [0.25, 0.3) is 0 Å². The molecule has 3 nitrogen and oxygen atoms in total. The van der Waals surface area contributed by atoms with E-state index in [1.54, 1.807) is 0 Å². The van der Waals surface area contributed by atoms with E-state index in [-0.39, 0.29) is 12.4 Å². The van der Waals surface area contributed by atoms with Crippen LogP contribution in [0.5, 0.6) is 0 Å². The molecule has 1 aliphatic carbocycles. The molecule has 0 aromatic rings. The third-order valence-electron chi connectivity index (χ3n) is 5.59. The third kappa shape index (κ3) is 4.78. The topological polar surface area (TPSA) is 32.3 Å². The molecule has 0 atom stereocenters. The van der Waals surface area contributed by atoms with Gasteiger partial charge in [0.1, 0.15) is 0 Å². The normalized spacial score (nSPS) is 25.7. The minimum absolute atomic E-state index is 0. The fourth-order valence-corrected chi connectivity index (χ4v) is 5.78. The van der Waals surface area contributed by atoms with Crippen LogP contribution in [0.1, 0.15) is 57.8 Å². The average Bonchev–Trinajstić information content (AvgIpc) is 2.54. The number of hydrogen-bond donors (Lipinski definition) is 1. The van der Waals surface area contributed by atoms with Crippen LogP contribution in [0.4, 0.5) is 0 Å². The van der Waals surface area contributed by atoms with Crippen LogP contribution < -0.4 is 5.32 Å². The summed E-state index contributed by atoms with van der Waals surface area (Å²) in [5.41, 5.74) is 0. The Balaban J connectivity index is 0.00000176. The lowest BCUT2D eigenvalue weighted by Crippen LogP contribution is -2.49. The van der Waals surface area contributed by atoms with E-state index >= 15 is 0 Å². The molecular formula is C17H31ClN2OS. The van der Waals surface area contributed by atoms with Gasteiger partial charge in [-0.15, -0.1) is 12.4 Å². The second-order valence-electron chi connectivity index (χ2n) is 7.14. The number of nitrogens with zero attached hydrogens (tertiary/aromatic N) is 1.